The van der Waals surface area contributed by atoms with E-state index in [1.165, 1.54) is 0 Å². The fourth-order valence-electron chi connectivity index (χ4n) is 2.48. The van der Waals surface area contributed by atoms with Gasteiger partial charge in [0.25, 0.3) is 5.91 Å². The number of hydrogen-bond acceptors (Lipinski definition) is 4. The van der Waals surface area contributed by atoms with E-state index in [4.69, 9.17) is 0 Å². The Bertz CT molecular complexity index is 472. The van der Waals surface area contributed by atoms with Crippen molar-refractivity contribution in [2.24, 2.45) is 0 Å². The minimum absolute atomic E-state index is 0.00192. The molecule has 0 unspecified atom stereocenters. The molecule has 0 spiro atoms. The van der Waals surface area contributed by atoms with Crippen LogP contribution < -0.4 is 5.32 Å². The third-order valence-corrected chi connectivity index (χ3v) is 3.76. The van der Waals surface area contributed by atoms with Gasteiger partial charge in [-0.1, -0.05) is 0 Å². The molecule has 20 heavy (non-hydrogen) atoms. The third-order valence-electron chi connectivity index (χ3n) is 3.76. The number of pyridine rings is 1. The maximum atomic E-state index is 12.7. The average molecular weight is 277 g/mol. The van der Waals surface area contributed by atoms with Gasteiger partial charge in [-0.3, -0.25) is 9.78 Å². The molecule has 5 nitrogen and oxygen atoms in total. The SMILES string of the molecule is CCNc1cc(C)ncc1C(=O)N(CCO)C1CCC1. The van der Waals surface area contributed by atoms with Crippen LogP contribution in [0.3, 0.4) is 0 Å². The lowest BCUT2D eigenvalue weighted by Gasteiger charge is -2.37. The van der Waals surface area contributed by atoms with E-state index in [0.717, 1.165) is 37.2 Å². The van der Waals surface area contributed by atoms with Crippen LogP contribution >= 0.6 is 0 Å². The van der Waals surface area contributed by atoms with E-state index < -0.39 is 0 Å². The van der Waals surface area contributed by atoms with E-state index >= 15 is 0 Å². The molecule has 0 atom stereocenters. The second kappa shape index (κ2) is 6.70. The zero-order valence-electron chi connectivity index (χ0n) is 12.2. The van der Waals surface area contributed by atoms with E-state index in [0.29, 0.717) is 12.1 Å². The molecule has 1 aromatic rings. The molecule has 1 aliphatic carbocycles. The summed E-state index contributed by atoms with van der Waals surface area (Å²) in [6, 6.07) is 2.17. The number of aromatic nitrogens is 1. The highest BCUT2D eigenvalue weighted by Crippen LogP contribution is 2.27. The van der Waals surface area contributed by atoms with Crippen LogP contribution in [-0.4, -0.2) is 46.6 Å². The maximum Gasteiger partial charge on any atom is 0.257 e. The predicted octanol–water partition coefficient (Wildman–Crippen LogP) is 1.81. The lowest BCUT2D eigenvalue weighted by Crippen LogP contribution is -2.45. The molecule has 1 saturated carbocycles. The van der Waals surface area contributed by atoms with Crippen molar-refractivity contribution in [1.29, 1.82) is 0 Å². The van der Waals surface area contributed by atoms with Crippen molar-refractivity contribution < 1.29 is 9.90 Å². The summed E-state index contributed by atoms with van der Waals surface area (Å²) in [4.78, 5) is 18.7. The van der Waals surface area contributed by atoms with E-state index in [2.05, 4.69) is 10.3 Å². The standard InChI is InChI=1S/C15H23N3O2/c1-3-16-14-9-11(2)17-10-13(14)15(20)18(7-8-19)12-5-4-6-12/h9-10,12,19H,3-8H2,1-2H3,(H,16,17). The van der Waals surface area contributed by atoms with Crippen molar-refractivity contribution in [1.82, 2.24) is 9.88 Å². The molecule has 1 aromatic heterocycles. The van der Waals surface area contributed by atoms with Crippen LogP contribution in [0.2, 0.25) is 0 Å². The fourth-order valence-corrected chi connectivity index (χ4v) is 2.48. The molecule has 0 aromatic carbocycles. The quantitative estimate of drug-likeness (QED) is 0.832. The van der Waals surface area contributed by atoms with Crippen LogP contribution in [0, 0.1) is 6.92 Å². The van der Waals surface area contributed by atoms with Crippen LogP contribution in [-0.2, 0) is 0 Å². The average Bonchev–Trinajstić information content (AvgIpc) is 2.36. The zero-order valence-corrected chi connectivity index (χ0v) is 12.2. The summed E-state index contributed by atoms with van der Waals surface area (Å²) in [5, 5.41) is 12.4. The highest BCUT2D eigenvalue weighted by Gasteiger charge is 2.30. The third kappa shape index (κ3) is 3.10. The molecule has 2 N–H and O–H groups in total. The summed E-state index contributed by atoms with van der Waals surface area (Å²) in [6.45, 7) is 5.06. The van der Waals surface area contributed by atoms with Crippen LogP contribution in [0.5, 0.6) is 0 Å². The summed E-state index contributed by atoms with van der Waals surface area (Å²) in [7, 11) is 0. The first kappa shape index (κ1) is 14.8. The number of hydrogen-bond donors (Lipinski definition) is 2. The monoisotopic (exact) mass is 277 g/mol. The molecule has 1 fully saturated rings. The molecule has 1 heterocycles. The van der Waals surface area contributed by atoms with Crippen molar-refractivity contribution in [2.75, 3.05) is 25.0 Å². The largest absolute Gasteiger partial charge is 0.395 e. The molecule has 5 heteroatoms. The molecular weight excluding hydrogens is 254 g/mol. The van der Waals surface area contributed by atoms with Gasteiger partial charge in [-0.15, -0.1) is 0 Å². The van der Waals surface area contributed by atoms with E-state index in [1.807, 2.05) is 19.9 Å². The molecule has 1 aliphatic rings. The lowest BCUT2D eigenvalue weighted by atomic mass is 9.91. The molecule has 0 aliphatic heterocycles. The summed E-state index contributed by atoms with van der Waals surface area (Å²) >= 11 is 0. The van der Waals surface area contributed by atoms with Gasteiger partial charge in [-0.05, 0) is 39.2 Å². The molecule has 110 valence electrons. The number of aryl methyl sites for hydroxylation is 1. The number of carbonyl (C=O) groups is 1. The molecule has 0 saturated heterocycles. The van der Waals surface area contributed by atoms with E-state index in [1.54, 1.807) is 11.1 Å². The molecular formula is C15H23N3O2. The molecule has 2 rings (SSSR count). The van der Waals surface area contributed by atoms with Gasteiger partial charge < -0.3 is 15.3 Å². The first-order valence-electron chi connectivity index (χ1n) is 7.29. The summed E-state index contributed by atoms with van der Waals surface area (Å²) in [6.07, 6.45) is 4.86. The second-order valence-corrected chi connectivity index (χ2v) is 5.21. The van der Waals surface area contributed by atoms with Gasteiger partial charge in [-0.25, -0.2) is 0 Å². The minimum Gasteiger partial charge on any atom is -0.395 e. The number of anilines is 1. The van der Waals surface area contributed by atoms with Crippen molar-refractivity contribution >= 4 is 11.6 Å². The van der Waals surface area contributed by atoms with Gasteiger partial charge >= 0.3 is 0 Å². The number of carbonyl (C=O) groups excluding carboxylic acids is 1. The van der Waals surface area contributed by atoms with Crippen LogP contribution in [0.25, 0.3) is 0 Å². The maximum absolute atomic E-state index is 12.7. The Hall–Kier alpha value is -1.62. The number of aliphatic hydroxyl groups excluding tert-OH is 1. The van der Waals surface area contributed by atoms with Crippen molar-refractivity contribution in [2.45, 2.75) is 39.2 Å². The van der Waals surface area contributed by atoms with Gasteiger partial charge in [0.1, 0.15) is 0 Å². The fraction of sp³-hybridized carbons (Fsp3) is 0.600. The van der Waals surface area contributed by atoms with Gasteiger partial charge in [0, 0.05) is 31.0 Å². The molecule has 0 radical (unpaired) electrons. The Kier molecular flexibility index (Phi) is 4.95. The smallest absolute Gasteiger partial charge is 0.257 e. The van der Waals surface area contributed by atoms with Gasteiger partial charge in [-0.2, -0.15) is 0 Å². The zero-order chi connectivity index (χ0) is 14.5. The molecule has 1 amide bonds. The van der Waals surface area contributed by atoms with Crippen LogP contribution in [0.4, 0.5) is 5.69 Å². The Balaban J connectivity index is 2.25. The number of nitrogens with zero attached hydrogens (tertiary/aromatic N) is 2. The van der Waals surface area contributed by atoms with Crippen LogP contribution in [0.1, 0.15) is 42.2 Å². The normalized spacial score (nSPS) is 14.8. The Labute approximate surface area is 120 Å². The second-order valence-electron chi connectivity index (χ2n) is 5.21. The number of nitrogens with one attached hydrogen (secondary N) is 1. The Morgan fingerprint density at radius 3 is 2.85 bits per heavy atom. The highest BCUT2D eigenvalue weighted by atomic mass is 16.3. The van der Waals surface area contributed by atoms with Gasteiger partial charge in [0.15, 0.2) is 0 Å². The lowest BCUT2D eigenvalue weighted by molar-refractivity contribution is 0.0526. The highest BCUT2D eigenvalue weighted by molar-refractivity contribution is 5.99. The van der Waals surface area contributed by atoms with Gasteiger partial charge in [0.2, 0.25) is 0 Å². The van der Waals surface area contributed by atoms with Crippen molar-refractivity contribution in [3.63, 3.8) is 0 Å². The summed E-state index contributed by atoms with van der Waals surface area (Å²) < 4.78 is 0. The number of aliphatic hydroxyl groups is 1. The van der Waals surface area contributed by atoms with Crippen molar-refractivity contribution in [3.05, 3.63) is 23.5 Å². The Morgan fingerprint density at radius 1 is 1.55 bits per heavy atom. The number of rotatable bonds is 6. The topological polar surface area (TPSA) is 65.5 Å². The van der Waals surface area contributed by atoms with E-state index in [-0.39, 0.29) is 18.6 Å². The summed E-state index contributed by atoms with van der Waals surface area (Å²) in [5.74, 6) is -0.0350. The first-order valence-corrected chi connectivity index (χ1v) is 7.29. The van der Waals surface area contributed by atoms with E-state index in [9.17, 15) is 9.90 Å². The minimum atomic E-state index is -0.0350. The summed E-state index contributed by atoms with van der Waals surface area (Å²) in [5.41, 5.74) is 2.31. The van der Waals surface area contributed by atoms with Crippen molar-refractivity contribution in [3.8, 4) is 0 Å². The number of amides is 1. The first-order chi connectivity index (χ1) is 9.67. The van der Waals surface area contributed by atoms with Crippen LogP contribution in [0.15, 0.2) is 12.3 Å². The van der Waals surface area contributed by atoms with Gasteiger partial charge in [0.05, 0.1) is 17.9 Å². The predicted molar refractivity (Wildman–Crippen MR) is 78.9 cm³/mol. The Morgan fingerprint density at radius 2 is 2.30 bits per heavy atom. The molecule has 0 bridgehead atoms.